The Bertz CT molecular complexity index is 808. The van der Waals surface area contributed by atoms with Gasteiger partial charge in [-0.15, -0.1) is 5.10 Å². The van der Waals surface area contributed by atoms with Crippen molar-refractivity contribution in [3.63, 3.8) is 0 Å². The highest BCUT2D eigenvalue weighted by atomic mass is 35.5. The van der Waals surface area contributed by atoms with Crippen LogP contribution in [-0.2, 0) is 21.4 Å². The first-order chi connectivity index (χ1) is 10.3. The Hall–Kier alpha value is -2.20. The van der Waals surface area contributed by atoms with E-state index in [1.54, 1.807) is 0 Å². The van der Waals surface area contributed by atoms with Crippen molar-refractivity contribution in [3.8, 4) is 0 Å². The molecule has 22 heavy (non-hydrogen) atoms. The molecule has 0 saturated carbocycles. The fourth-order valence-electron chi connectivity index (χ4n) is 1.50. The van der Waals surface area contributed by atoms with E-state index in [9.17, 15) is 17.6 Å². The van der Waals surface area contributed by atoms with Crippen LogP contribution in [0.5, 0.6) is 0 Å². The molecule has 0 atom stereocenters. The summed E-state index contributed by atoms with van der Waals surface area (Å²) in [5, 5.41) is 6.02. The van der Waals surface area contributed by atoms with E-state index in [2.05, 4.69) is 20.1 Å². The first-order valence-electron chi connectivity index (χ1n) is 5.90. The average molecular weight is 348 g/mol. The lowest BCUT2D eigenvalue weighted by Crippen LogP contribution is -2.23. The minimum Gasteiger partial charge on any atom is -0.358 e. The van der Waals surface area contributed by atoms with Crippen molar-refractivity contribution in [1.82, 2.24) is 20.1 Å². The van der Waals surface area contributed by atoms with Gasteiger partial charge in [0.05, 0.1) is 5.02 Å². The number of sulfonamides is 1. The molecule has 118 valence electrons. The highest BCUT2D eigenvalue weighted by molar-refractivity contribution is 7.92. The molecule has 0 unspecified atom stereocenters. The van der Waals surface area contributed by atoms with E-state index >= 15 is 0 Å². The molecule has 0 saturated heterocycles. The summed E-state index contributed by atoms with van der Waals surface area (Å²) in [7, 11) is -2.69. The van der Waals surface area contributed by atoms with Gasteiger partial charge >= 0.3 is 0 Å². The number of halogens is 2. The van der Waals surface area contributed by atoms with Crippen molar-refractivity contribution in [2.45, 2.75) is 11.4 Å². The number of amides is 1. The maximum absolute atomic E-state index is 13.2. The number of carbonyl (C=O) groups is 1. The number of hydrogen-bond acceptors (Lipinski definition) is 5. The van der Waals surface area contributed by atoms with Crippen LogP contribution in [-0.4, -0.2) is 36.1 Å². The van der Waals surface area contributed by atoms with Gasteiger partial charge in [-0.3, -0.25) is 4.79 Å². The molecular formula is C11H11ClFN5O3S. The van der Waals surface area contributed by atoms with Crippen LogP contribution in [0.15, 0.2) is 29.4 Å². The normalized spacial score (nSPS) is 11.2. The number of likely N-dealkylation sites (N-methyl/N-ethyl adjacent to an activating group) is 1. The topological polar surface area (TPSA) is 106 Å². The van der Waals surface area contributed by atoms with Gasteiger partial charge in [0.1, 0.15) is 23.6 Å². The van der Waals surface area contributed by atoms with Crippen molar-refractivity contribution in [3.05, 3.63) is 35.4 Å². The maximum Gasteiger partial charge on any atom is 0.265 e. The molecule has 1 amide bonds. The predicted molar refractivity (Wildman–Crippen MR) is 76.3 cm³/mol. The largest absolute Gasteiger partial charge is 0.358 e. The third-order valence-corrected chi connectivity index (χ3v) is 4.34. The summed E-state index contributed by atoms with van der Waals surface area (Å²) in [5.74, 6) is -1.33. The van der Waals surface area contributed by atoms with Gasteiger partial charge < -0.3 is 5.32 Å². The van der Waals surface area contributed by atoms with E-state index in [-0.39, 0.29) is 23.4 Å². The zero-order valence-corrected chi connectivity index (χ0v) is 12.8. The Kier molecular flexibility index (Phi) is 4.62. The molecule has 8 nitrogen and oxygen atoms in total. The van der Waals surface area contributed by atoms with E-state index in [1.807, 2.05) is 0 Å². The molecule has 0 fully saturated rings. The van der Waals surface area contributed by atoms with E-state index in [0.29, 0.717) is 0 Å². The number of anilines is 1. The first kappa shape index (κ1) is 16.2. The third kappa shape index (κ3) is 3.71. The lowest BCUT2D eigenvalue weighted by molar-refractivity contribution is -0.121. The van der Waals surface area contributed by atoms with Crippen LogP contribution in [0.25, 0.3) is 0 Å². The van der Waals surface area contributed by atoms with E-state index in [4.69, 9.17) is 11.6 Å². The van der Waals surface area contributed by atoms with Crippen molar-refractivity contribution < 1.29 is 17.6 Å². The zero-order valence-electron chi connectivity index (χ0n) is 11.2. The first-order valence-corrected chi connectivity index (χ1v) is 7.76. The van der Waals surface area contributed by atoms with Gasteiger partial charge in [0.25, 0.3) is 16.0 Å². The van der Waals surface area contributed by atoms with Gasteiger partial charge in [-0.1, -0.05) is 11.6 Å². The molecule has 0 spiro atoms. The molecule has 0 aliphatic heterocycles. The molecule has 2 aromatic rings. The molecule has 1 aromatic carbocycles. The van der Waals surface area contributed by atoms with Crippen molar-refractivity contribution in [1.29, 1.82) is 0 Å². The van der Waals surface area contributed by atoms with Gasteiger partial charge in [0.15, 0.2) is 0 Å². The Morgan fingerprint density at radius 3 is 2.86 bits per heavy atom. The van der Waals surface area contributed by atoms with Crippen LogP contribution in [0.2, 0.25) is 5.02 Å². The zero-order chi connectivity index (χ0) is 16.3. The smallest absolute Gasteiger partial charge is 0.265 e. The summed E-state index contributed by atoms with van der Waals surface area (Å²) in [6.07, 6.45) is 1.18. The SMILES string of the molecule is CNC(=O)Cn1cnc(NS(=O)(=O)c2cc(F)ccc2Cl)n1. The molecule has 0 bridgehead atoms. The average Bonchev–Trinajstić information content (AvgIpc) is 2.87. The lowest BCUT2D eigenvalue weighted by atomic mass is 10.3. The molecule has 1 aromatic heterocycles. The number of aromatic nitrogens is 3. The van der Waals surface area contributed by atoms with Crippen LogP contribution < -0.4 is 10.0 Å². The Labute approximate surface area is 130 Å². The summed E-state index contributed by atoms with van der Waals surface area (Å²) in [6, 6.07) is 2.95. The van der Waals surface area contributed by atoms with Crippen LogP contribution in [0.1, 0.15) is 0 Å². The number of benzene rings is 1. The number of nitrogens with zero attached hydrogens (tertiary/aromatic N) is 3. The summed E-state index contributed by atoms with van der Waals surface area (Å²) in [6.45, 7) is -0.119. The summed E-state index contributed by atoms with van der Waals surface area (Å²) in [4.78, 5) is 14.5. The van der Waals surface area contributed by atoms with E-state index in [1.165, 1.54) is 13.4 Å². The maximum atomic E-state index is 13.2. The monoisotopic (exact) mass is 347 g/mol. The second-order valence-corrected chi connectivity index (χ2v) is 6.18. The Balaban J connectivity index is 2.22. The number of hydrogen-bond donors (Lipinski definition) is 2. The lowest BCUT2D eigenvalue weighted by Gasteiger charge is -2.06. The Morgan fingerprint density at radius 1 is 1.45 bits per heavy atom. The molecule has 1 heterocycles. The number of rotatable bonds is 5. The highest BCUT2D eigenvalue weighted by Gasteiger charge is 2.20. The minimum absolute atomic E-state index is 0.119. The predicted octanol–water partition coefficient (Wildman–Crippen LogP) is 0.617. The third-order valence-electron chi connectivity index (χ3n) is 2.53. The molecule has 0 aliphatic rings. The quantitative estimate of drug-likeness (QED) is 0.824. The Morgan fingerprint density at radius 2 is 2.18 bits per heavy atom. The van der Waals surface area contributed by atoms with Crippen molar-refractivity contribution >= 4 is 33.5 Å². The number of carbonyl (C=O) groups excluding carboxylic acids is 1. The fraction of sp³-hybridized carbons (Fsp3) is 0.182. The van der Waals surface area contributed by atoms with Crippen LogP contribution in [0, 0.1) is 5.82 Å². The second kappa shape index (κ2) is 6.28. The van der Waals surface area contributed by atoms with Gasteiger partial charge in [-0.25, -0.2) is 22.2 Å². The van der Waals surface area contributed by atoms with Crippen LogP contribution in [0.3, 0.4) is 0 Å². The summed E-state index contributed by atoms with van der Waals surface area (Å²) < 4.78 is 40.6. The molecule has 2 N–H and O–H groups in total. The molecule has 0 radical (unpaired) electrons. The van der Waals surface area contributed by atoms with Crippen LogP contribution >= 0.6 is 11.6 Å². The summed E-state index contributed by atoms with van der Waals surface area (Å²) in [5.41, 5.74) is 0. The van der Waals surface area contributed by atoms with Crippen molar-refractivity contribution in [2.24, 2.45) is 0 Å². The molecular weight excluding hydrogens is 337 g/mol. The molecule has 11 heteroatoms. The minimum atomic E-state index is -4.15. The fourth-order valence-corrected chi connectivity index (χ4v) is 2.96. The van der Waals surface area contributed by atoms with Gasteiger partial charge in [0, 0.05) is 7.05 Å². The molecule has 0 aliphatic carbocycles. The summed E-state index contributed by atoms with van der Waals surface area (Å²) >= 11 is 5.76. The van der Waals surface area contributed by atoms with Gasteiger partial charge in [-0.05, 0) is 18.2 Å². The van der Waals surface area contributed by atoms with Crippen LogP contribution in [0.4, 0.5) is 10.3 Å². The second-order valence-electron chi connectivity index (χ2n) is 4.12. The van der Waals surface area contributed by atoms with Crippen molar-refractivity contribution in [2.75, 3.05) is 11.8 Å². The van der Waals surface area contributed by atoms with Gasteiger partial charge in [-0.2, -0.15) is 4.98 Å². The van der Waals surface area contributed by atoms with Gasteiger partial charge in [0.2, 0.25) is 5.91 Å². The van der Waals surface area contributed by atoms with E-state index in [0.717, 1.165) is 22.9 Å². The number of nitrogens with one attached hydrogen (secondary N) is 2. The van der Waals surface area contributed by atoms with E-state index < -0.39 is 20.7 Å². The highest BCUT2D eigenvalue weighted by Crippen LogP contribution is 2.23. The molecule has 2 rings (SSSR count). The standard InChI is InChI=1S/C11H11ClFN5O3S/c1-14-10(19)5-18-6-15-11(16-18)17-22(20,21)9-4-7(13)2-3-8(9)12/h2-4,6H,5H2,1H3,(H,14,19)(H,16,17).